The molecule has 0 fully saturated rings. The van der Waals surface area contributed by atoms with Gasteiger partial charge in [-0.3, -0.25) is 9.59 Å². The van der Waals surface area contributed by atoms with Crippen molar-refractivity contribution >= 4 is 23.2 Å². The highest BCUT2D eigenvalue weighted by molar-refractivity contribution is 5.96. The van der Waals surface area contributed by atoms with Crippen LogP contribution in [0.2, 0.25) is 0 Å². The third kappa shape index (κ3) is 4.08. The molecule has 1 aromatic rings. The fourth-order valence-corrected chi connectivity index (χ4v) is 1.13. The molecule has 0 aliphatic carbocycles. The zero-order valence-electron chi connectivity index (χ0n) is 9.47. The van der Waals surface area contributed by atoms with Crippen LogP contribution in [-0.4, -0.2) is 18.0 Å². The van der Waals surface area contributed by atoms with Crippen LogP contribution in [0.3, 0.4) is 0 Å². The average Bonchev–Trinajstić information content (AvgIpc) is 2.28. The summed E-state index contributed by atoms with van der Waals surface area (Å²) in [6.45, 7) is 1.64. The highest BCUT2D eigenvalue weighted by atomic mass is 19.4. The summed E-state index contributed by atoms with van der Waals surface area (Å²) in [6, 6.07) is 5.48. The molecule has 18 heavy (non-hydrogen) atoms. The lowest BCUT2D eigenvalue weighted by atomic mass is 10.2. The summed E-state index contributed by atoms with van der Waals surface area (Å²) < 4.78 is 36.1. The molecule has 98 valence electrons. The minimum atomic E-state index is -4.94. The second kappa shape index (κ2) is 5.52. The molecule has 0 spiro atoms. The van der Waals surface area contributed by atoms with Gasteiger partial charge >= 0.3 is 12.1 Å². The van der Waals surface area contributed by atoms with Crippen molar-refractivity contribution in [1.82, 2.24) is 0 Å². The van der Waals surface area contributed by atoms with E-state index in [4.69, 9.17) is 0 Å². The first-order valence-electron chi connectivity index (χ1n) is 5.11. The third-order valence-electron chi connectivity index (χ3n) is 1.98. The maximum absolute atomic E-state index is 12.0. The second-order valence-electron chi connectivity index (χ2n) is 3.43. The summed E-state index contributed by atoms with van der Waals surface area (Å²) >= 11 is 0. The Labute approximate surface area is 101 Å². The first-order valence-corrected chi connectivity index (χ1v) is 5.11. The summed E-state index contributed by atoms with van der Waals surface area (Å²) in [7, 11) is 0. The molecule has 0 radical (unpaired) electrons. The van der Waals surface area contributed by atoms with Gasteiger partial charge in [0.2, 0.25) is 5.91 Å². The highest BCUT2D eigenvalue weighted by Gasteiger charge is 2.38. The molecular weight excluding hydrogens is 249 g/mol. The van der Waals surface area contributed by atoms with Crippen LogP contribution < -0.4 is 10.6 Å². The van der Waals surface area contributed by atoms with Crippen molar-refractivity contribution in [2.45, 2.75) is 19.5 Å². The molecule has 0 aliphatic rings. The molecule has 4 nitrogen and oxygen atoms in total. The predicted octanol–water partition coefficient (Wildman–Crippen LogP) is 2.54. The number of carbonyl (C=O) groups is 2. The third-order valence-corrected chi connectivity index (χ3v) is 1.98. The van der Waals surface area contributed by atoms with E-state index in [1.54, 1.807) is 12.2 Å². The smallest absolute Gasteiger partial charge is 0.326 e. The van der Waals surface area contributed by atoms with Crippen LogP contribution in [0.4, 0.5) is 24.5 Å². The molecule has 0 unspecified atom stereocenters. The molecule has 0 aliphatic heterocycles. The average molecular weight is 260 g/mol. The van der Waals surface area contributed by atoms with Gasteiger partial charge in [0.25, 0.3) is 0 Å². The Morgan fingerprint density at radius 2 is 1.72 bits per heavy atom. The van der Waals surface area contributed by atoms with Crippen molar-refractivity contribution in [3.8, 4) is 0 Å². The number of anilines is 2. The molecule has 0 saturated heterocycles. The number of nitrogens with one attached hydrogen (secondary N) is 2. The molecule has 2 N–H and O–H groups in total. The lowest BCUT2D eigenvalue weighted by molar-refractivity contribution is -0.167. The minimum absolute atomic E-state index is 0.0359. The monoisotopic (exact) mass is 260 g/mol. The van der Waals surface area contributed by atoms with E-state index in [0.717, 1.165) is 0 Å². The number of rotatable bonds is 3. The van der Waals surface area contributed by atoms with E-state index in [-0.39, 0.29) is 18.0 Å². The van der Waals surface area contributed by atoms with E-state index in [2.05, 4.69) is 5.32 Å². The Balaban J connectivity index is 2.77. The normalized spacial score (nSPS) is 10.9. The Morgan fingerprint density at radius 1 is 1.17 bits per heavy atom. The summed E-state index contributed by atoms with van der Waals surface area (Å²) in [4.78, 5) is 21.8. The summed E-state index contributed by atoms with van der Waals surface area (Å²) in [5.41, 5.74) is 0.285. The van der Waals surface area contributed by atoms with Gasteiger partial charge in [0.05, 0.1) is 0 Å². The van der Waals surface area contributed by atoms with Gasteiger partial charge in [-0.05, 0) is 18.2 Å². The molecule has 0 atom stereocenters. The van der Waals surface area contributed by atoms with Gasteiger partial charge in [-0.25, -0.2) is 0 Å². The van der Waals surface area contributed by atoms with Crippen LogP contribution >= 0.6 is 0 Å². The van der Waals surface area contributed by atoms with Crippen LogP contribution in [0.15, 0.2) is 24.3 Å². The molecule has 2 amide bonds. The van der Waals surface area contributed by atoms with Crippen LogP contribution in [0.25, 0.3) is 0 Å². The number of halogens is 3. The first-order chi connectivity index (χ1) is 8.32. The summed E-state index contributed by atoms with van der Waals surface area (Å²) in [5, 5.41) is 4.17. The Bertz CT molecular complexity index is 458. The lowest BCUT2D eigenvalue weighted by Gasteiger charge is -2.09. The Hall–Kier alpha value is -2.05. The second-order valence-corrected chi connectivity index (χ2v) is 3.43. The topological polar surface area (TPSA) is 58.2 Å². The molecular formula is C11H11F3N2O2. The SMILES string of the molecule is CCC(=O)Nc1cccc(NC(=O)C(F)(F)F)c1. The maximum atomic E-state index is 12.0. The number of hydrogen-bond acceptors (Lipinski definition) is 2. The zero-order chi connectivity index (χ0) is 13.8. The largest absolute Gasteiger partial charge is 0.471 e. The number of carbonyl (C=O) groups excluding carboxylic acids is 2. The number of benzene rings is 1. The minimum Gasteiger partial charge on any atom is -0.326 e. The zero-order valence-corrected chi connectivity index (χ0v) is 9.47. The molecule has 0 aromatic heterocycles. The molecule has 0 heterocycles. The van der Waals surface area contributed by atoms with Crippen molar-refractivity contribution in [2.24, 2.45) is 0 Å². The Morgan fingerprint density at radius 3 is 2.22 bits per heavy atom. The van der Waals surface area contributed by atoms with Gasteiger partial charge in [-0.2, -0.15) is 13.2 Å². The number of alkyl halides is 3. The molecule has 0 saturated carbocycles. The van der Waals surface area contributed by atoms with Crippen LogP contribution in [0.1, 0.15) is 13.3 Å². The van der Waals surface area contributed by atoms with Gasteiger partial charge in [0.1, 0.15) is 0 Å². The molecule has 1 aromatic carbocycles. The summed E-state index contributed by atoms with van der Waals surface area (Å²) in [5.74, 6) is -2.32. The van der Waals surface area contributed by atoms with Gasteiger partial charge < -0.3 is 10.6 Å². The van der Waals surface area contributed by atoms with Crippen LogP contribution in [0, 0.1) is 0 Å². The first kappa shape index (κ1) is 14.0. The fourth-order valence-electron chi connectivity index (χ4n) is 1.13. The Kier molecular flexibility index (Phi) is 4.30. The maximum Gasteiger partial charge on any atom is 0.471 e. The van der Waals surface area contributed by atoms with E-state index in [1.807, 2.05) is 0 Å². The van der Waals surface area contributed by atoms with Crippen molar-refractivity contribution in [3.63, 3.8) is 0 Å². The summed E-state index contributed by atoms with van der Waals surface area (Å²) in [6.07, 6.45) is -4.69. The van der Waals surface area contributed by atoms with E-state index in [9.17, 15) is 22.8 Å². The van der Waals surface area contributed by atoms with E-state index >= 15 is 0 Å². The number of amides is 2. The van der Waals surface area contributed by atoms with Crippen molar-refractivity contribution in [2.75, 3.05) is 10.6 Å². The van der Waals surface area contributed by atoms with Gasteiger partial charge in [0, 0.05) is 17.8 Å². The van der Waals surface area contributed by atoms with E-state index in [0.29, 0.717) is 5.69 Å². The quantitative estimate of drug-likeness (QED) is 0.877. The number of hydrogen-bond donors (Lipinski definition) is 2. The van der Waals surface area contributed by atoms with Crippen LogP contribution in [-0.2, 0) is 9.59 Å². The predicted molar refractivity (Wildman–Crippen MR) is 60.0 cm³/mol. The fraction of sp³-hybridized carbons (Fsp3) is 0.273. The van der Waals surface area contributed by atoms with E-state index in [1.165, 1.54) is 24.3 Å². The van der Waals surface area contributed by atoms with Crippen molar-refractivity contribution in [1.29, 1.82) is 0 Å². The van der Waals surface area contributed by atoms with Gasteiger partial charge in [0.15, 0.2) is 0 Å². The van der Waals surface area contributed by atoms with Crippen molar-refractivity contribution < 1.29 is 22.8 Å². The van der Waals surface area contributed by atoms with E-state index < -0.39 is 12.1 Å². The van der Waals surface area contributed by atoms with Gasteiger partial charge in [-0.15, -0.1) is 0 Å². The molecule has 1 rings (SSSR count). The highest BCUT2D eigenvalue weighted by Crippen LogP contribution is 2.20. The van der Waals surface area contributed by atoms with Crippen molar-refractivity contribution in [3.05, 3.63) is 24.3 Å². The molecule has 0 bridgehead atoms. The lowest BCUT2D eigenvalue weighted by Crippen LogP contribution is -2.29. The van der Waals surface area contributed by atoms with Gasteiger partial charge in [-0.1, -0.05) is 13.0 Å². The van der Waals surface area contributed by atoms with Crippen LogP contribution in [0.5, 0.6) is 0 Å². The standard InChI is InChI=1S/C11H11F3N2O2/c1-2-9(17)15-7-4-3-5-8(6-7)16-10(18)11(12,13)14/h3-6H,2H2,1H3,(H,15,17)(H,16,18). The molecule has 7 heteroatoms.